The van der Waals surface area contributed by atoms with Crippen LogP contribution in [-0.2, 0) is 24.3 Å². The van der Waals surface area contributed by atoms with Crippen molar-refractivity contribution in [1.29, 1.82) is 0 Å². The van der Waals surface area contributed by atoms with Gasteiger partial charge in [-0.15, -0.1) is 0 Å². The molecule has 5 rings (SSSR count). The number of hydrogen-bond donors (Lipinski definition) is 0. The van der Waals surface area contributed by atoms with Crippen molar-refractivity contribution in [2.75, 3.05) is 0 Å². The highest BCUT2D eigenvalue weighted by atomic mass is 19.1. The van der Waals surface area contributed by atoms with E-state index in [1.165, 1.54) is 12.1 Å². The molecule has 1 amide bonds. The van der Waals surface area contributed by atoms with Crippen LogP contribution in [0.2, 0.25) is 0 Å². The lowest BCUT2D eigenvalue weighted by Crippen LogP contribution is -2.32. The topological polar surface area (TPSA) is 54.9 Å². The van der Waals surface area contributed by atoms with E-state index < -0.39 is 0 Å². The highest BCUT2D eigenvalue weighted by molar-refractivity contribution is 5.78. The van der Waals surface area contributed by atoms with Crippen LogP contribution in [-0.4, -0.2) is 29.6 Å². The second-order valence-corrected chi connectivity index (χ2v) is 7.41. The molecule has 0 bridgehead atoms. The van der Waals surface area contributed by atoms with Gasteiger partial charge in [-0.25, -0.2) is 14.4 Å². The molecule has 4 heterocycles. The predicted octanol–water partition coefficient (Wildman–Crippen LogP) is 3.89. The van der Waals surface area contributed by atoms with Gasteiger partial charge in [-0.3, -0.25) is 4.79 Å². The van der Waals surface area contributed by atoms with E-state index in [-0.39, 0.29) is 18.1 Å². The van der Waals surface area contributed by atoms with Gasteiger partial charge in [0.05, 0.1) is 43.3 Å². The molecule has 0 spiro atoms. The normalized spacial score (nSPS) is 11.3. The zero-order chi connectivity index (χ0) is 21.2. The molecule has 0 atom stereocenters. The van der Waals surface area contributed by atoms with Crippen molar-refractivity contribution in [2.24, 2.45) is 0 Å². The minimum Gasteiger partial charge on any atom is -0.331 e. The minimum absolute atomic E-state index is 0.0524. The SMILES string of the molecule is O=C(Cc1ccc(F)cc1)N(Cc1cnc2ccccn12)Cc1cnc2ccccn12. The van der Waals surface area contributed by atoms with E-state index >= 15 is 0 Å². The van der Waals surface area contributed by atoms with E-state index in [1.807, 2.05) is 57.6 Å². The first-order chi connectivity index (χ1) is 15.2. The molecule has 6 nitrogen and oxygen atoms in total. The van der Waals surface area contributed by atoms with Crippen LogP contribution >= 0.6 is 0 Å². The fourth-order valence-electron chi connectivity index (χ4n) is 3.72. The second kappa shape index (κ2) is 8.02. The molecule has 5 aromatic rings. The molecule has 0 saturated carbocycles. The Hall–Kier alpha value is -4.00. The Morgan fingerprint density at radius 1 is 0.806 bits per heavy atom. The predicted molar refractivity (Wildman–Crippen MR) is 115 cm³/mol. The summed E-state index contributed by atoms with van der Waals surface area (Å²) in [5, 5.41) is 0. The van der Waals surface area contributed by atoms with Crippen molar-refractivity contribution in [3.63, 3.8) is 0 Å². The van der Waals surface area contributed by atoms with Gasteiger partial charge in [-0.1, -0.05) is 24.3 Å². The maximum absolute atomic E-state index is 13.3. The zero-order valence-electron chi connectivity index (χ0n) is 16.7. The number of hydrogen-bond acceptors (Lipinski definition) is 3. The second-order valence-electron chi connectivity index (χ2n) is 7.41. The third-order valence-corrected chi connectivity index (χ3v) is 5.31. The third-order valence-electron chi connectivity index (χ3n) is 5.31. The number of rotatable bonds is 6. The van der Waals surface area contributed by atoms with E-state index in [1.54, 1.807) is 29.4 Å². The van der Waals surface area contributed by atoms with Crippen LogP contribution in [0.5, 0.6) is 0 Å². The molecule has 4 aromatic heterocycles. The first-order valence-electron chi connectivity index (χ1n) is 10.0. The largest absolute Gasteiger partial charge is 0.331 e. The van der Waals surface area contributed by atoms with E-state index in [2.05, 4.69) is 9.97 Å². The molecule has 0 unspecified atom stereocenters. The number of pyridine rings is 2. The lowest BCUT2D eigenvalue weighted by Gasteiger charge is -2.22. The standard InChI is InChI=1S/C24H20FN5O/c25-19-9-7-18(8-10-19)13-24(31)28(16-20-14-26-22-5-1-3-11-29(20)22)17-21-15-27-23-6-2-4-12-30(21)23/h1-12,14-15H,13,16-17H2. The Morgan fingerprint density at radius 3 is 1.90 bits per heavy atom. The van der Waals surface area contributed by atoms with Crippen molar-refractivity contribution in [3.05, 3.63) is 108 Å². The molecule has 0 aliphatic rings. The molecule has 31 heavy (non-hydrogen) atoms. The number of benzene rings is 1. The van der Waals surface area contributed by atoms with Gasteiger partial charge in [0.15, 0.2) is 0 Å². The maximum Gasteiger partial charge on any atom is 0.227 e. The van der Waals surface area contributed by atoms with Gasteiger partial charge in [-0.05, 0) is 42.0 Å². The average molecular weight is 413 g/mol. The van der Waals surface area contributed by atoms with Gasteiger partial charge in [0, 0.05) is 12.4 Å². The number of nitrogens with zero attached hydrogens (tertiary/aromatic N) is 5. The number of carbonyl (C=O) groups is 1. The number of amides is 1. The molecule has 154 valence electrons. The highest BCUT2D eigenvalue weighted by Crippen LogP contribution is 2.16. The number of fused-ring (bicyclic) bond motifs is 2. The first-order valence-corrected chi connectivity index (χ1v) is 10.0. The van der Waals surface area contributed by atoms with Crippen LogP contribution in [0.4, 0.5) is 4.39 Å². The fourth-order valence-corrected chi connectivity index (χ4v) is 3.72. The molecule has 0 fully saturated rings. The summed E-state index contributed by atoms with van der Waals surface area (Å²) in [6.07, 6.45) is 7.65. The number of halogens is 1. The van der Waals surface area contributed by atoms with E-state index in [9.17, 15) is 9.18 Å². The van der Waals surface area contributed by atoms with Crippen LogP contribution in [0, 0.1) is 5.82 Å². The maximum atomic E-state index is 13.3. The summed E-state index contributed by atoms with van der Waals surface area (Å²) in [6.45, 7) is 0.788. The van der Waals surface area contributed by atoms with Gasteiger partial charge >= 0.3 is 0 Å². The smallest absolute Gasteiger partial charge is 0.227 e. The number of carbonyl (C=O) groups excluding carboxylic acids is 1. The van der Waals surface area contributed by atoms with Gasteiger partial charge < -0.3 is 13.7 Å². The van der Waals surface area contributed by atoms with Crippen LogP contribution in [0.3, 0.4) is 0 Å². The number of aromatic nitrogens is 4. The third kappa shape index (κ3) is 3.90. The van der Waals surface area contributed by atoms with Crippen LogP contribution in [0.25, 0.3) is 11.3 Å². The molecular formula is C24H20FN5O. The lowest BCUT2D eigenvalue weighted by atomic mass is 10.1. The Bertz CT molecular complexity index is 1280. The molecule has 0 aliphatic heterocycles. The number of imidazole rings is 2. The molecule has 0 aliphatic carbocycles. The molecule has 0 radical (unpaired) electrons. The summed E-state index contributed by atoms with van der Waals surface area (Å²) in [6, 6.07) is 17.6. The van der Waals surface area contributed by atoms with E-state index in [0.29, 0.717) is 13.1 Å². The molecule has 0 saturated heterocycles. The van der Waals surface area contributed by atoms with Crippen molar-refractivity contribution >= 4 is 17.2 Å². The summed E-state index contributed by atoms with van der Waals surface area (Å²) in [5.74, 6) is -0.368. The van der Waals surface area contributed by atoms with Gasteiger partial charge in [0.2, 0.25) is 5.91 Å². The summed E-state index contributed by atoms with van der Waals surface area (Å²) in [5.41, 5.74) is 4.26. The van der Waals surface area contributed by atoms with Crippen LogP contribution < -0.4 is 0 Å². The summed E-state index contributed by atoms with van der Waals surface area (Å²) in [4.78, 5) is 24.0. The van der Waals surface area contributed by atoms with E-state index in [0.717, 1.165) is 28.2 Å². The average Bonchev–Trinajstić information content (AvgIpc) is 3.39. The molecule has 7 heteroatoms. The summed E-state index contributed by atoms with van der Waals surface area (Å²) < 4.78 is 17.2. The van der Waals surface area contributed by atoms with Gasteiger partial charge in [-0.2, -0.15) is 0 Å². The van der Waals surface area contributed by atoms with Gasteiger partial charge in [0.25, 0.3) is 0 Å². The fraction of sp³-hybridized carbons (Fsp3) is 0.125. The molecule has 1 aromatic carbocycles. The monoisotopic (exact) mass is 413 g/mol. The Balaban J connectivity index is 1.46. The first kappa shape index (κ1) is 19.0. The van der Waals surface area contributed by atoms with Crippen LogP contribution in [0.1, 0.15) is 17.0 Å². The van der Waals surface area contributed by atoms with Crippen molar-refractivity contribution < 1.29 is 9.18 Å². The summed E-state index contributed by atoms with van der Waals surface area (Å²) >= 11 is 0. The Labute approximate surface area is 178 Å². The Kier molecular flexibility index (Phi) is 4.92. The zero-order valence-corrected chi connectivity index (χ0v) is 16.7. The Morgan fingerprint density at radius 2 is 1.35 bits per heavy atom. The van der Waals surface area contributed by atoms with Gasteiger partial charge in [0.1, 0.15) is 17.1 Å². The van der Waals surface area contributed by atoms with E-state index in [4.69, 9.17) is 0 Å². The quantitative estimate of drug-likeness (QED) is 0.424. The lowest BCUT2D eigenvalue weighted by molar-refractivity contribution is -0.131. The highest BCUT2D eigenvalue weighted by Gasteiger charge is 2.19. The molecule has 0 N–H and O–H groups in total. The summed E-state index contributed by atoms with van der Waals surface area (Å²) in [7, 11) is 0. The molecular weight excluding hydrogens is 393 g/mol. The van der Waals surface area contributed by atoms with Crippen molar-refractivity contribution in [1.82, 2.24) is 23.7 Å². The minimum atomic E-state index is -0.315. The van der Waals surface area contributed by atoms with Crippen molar-refractivity contribution in [3.8, 4) is 0 Å². The van der Waals surface area contributed by atoms with Crippen LogP contribution in [0.15, 0.2) is 85.5 Å². The van der Waals surface area contributed by atoms with Crippen molar-refractivity contribution in [2.45, 2.75) is 19.5 Å².